The average Bonchev–Trinajstić information content (AvgIpc) is 2.22. The first-order chi connectivity index (χ1) is 7.39. The fourth-order valence-corrected chi connectivity index (χ4v) is 2.05. The van der Waals surface area contributed by atoms with Crippen molar-refractivity contribution < 1.29 is 13.0 Å². The highest BCUT2D eigenvalue weighted by atomic mass is 32.2. The van der Waals surface area contributed by atoms with Gasteiger partial charge in [-0.05, 0) is 30.0 Å². The maximum atomic E-state index is 11.5. The number of H-pyrrole nitrogens is 1. The lowest BCUT2D eigenvalue weighted by atomic mass is 10.1. The molecule has 1 heterocycles. The lowest BCUT2D eigenvalue weighted by molar-refractivity contribution is 0.483. The van der Waals surface area contributed by atoms with Crippen LogP contribution >= 0.6 is 0 Å². The molecule has 2 rings (SSSR count). The van der Waals surface area contributed by atoms with Crippen molar-refractivity contribution in [3.8, 4) is 0 Å². The van der Waals surface area contributed by atoms with Crippen molar-refractivity contribution in [2.45, 2.75) is 11.8 Å². The zero-order valence-electron chi connectivity index (χ0n) is 8.39. The van der Waals surface area contributed by atoms with Gasteiger partial charge in [-0.25, -0.2) is 0 Å². The Morgan fingerprint density at radius 3 is 2.56 bits per heavy atom. The van der Waals surface area contributed by atoms with Gasteiger partial charge in [-0.3, -0.25) is 9.35 Å². The maximum absolute atomic E-state index is 11.5. The van der Waals surface area contributed by atoms with Crippen LogP contribution in [0.5, 0.6) is 0 Å². The van der Waals surface area contributed by atoms with Gasteiger partial charge in [0, 0.05) is 11.6 Å². The third kappa shape index (κ3) is 1.72. The Bertz CT molecular complexity index is 715. The molecule has 2 N–H and O–H groups in total. The Morgan fingerprint density at radius 2 is 1.94 bits per heavy atom. The molecule has 0 aliphatic rings. The van der Waals surface area contributed by atoms with E-state index in [4.69, 9.17) is 4.55 Å². The van der Waals surface area contributed by atoms with E-state index in [0.717, 1.165) is 11.6 Å². The zero-order chi connectivity index (χ0) is 11.9. The molecular weight excluding hydrogens is 230 g/mol. The third-order valence-corrected chi connectivity index (χ3v) is 3.23. The Hall–Kier alpha value is -1.66. The summed E-state index contributed by atoms with van der Waals surface area (Å²) in [5.74, 6) is 0. The number of rotatable bonds is 1. The van der Waals surface area contributed by atoms with E-state index in [1.807, 2.05) is 0 Å². The van der Waals surface area contributed by atoms with E-state index in [1.54, 1.807) is 13.1 Å². The van der Waals surface area contributed by atoms with Gasteiger partial charge in [0.1, 0.15) is 0 Å². The van der Waals surface area contributed by atoms with Crippen molar-refractivity contribution in [2.75, 3.05) is 0 Å². The largest absolute Gasteiger partial charge is 0.328 e. The van der Waals surface area contributed by atoms with Crippen molar-refractivity contribution >= 4 is 20.9 Å². The van der Waals surface area contributed by atoms with E-state index < -0.39 is 10.1 Å². The van der Waals surface area contributed by atoms with Crippen molar-refractivity contribution in [3.63, 3.8) is 0 Å². The predicted octanol–water partition coefficient (Wildman–Crippen LogP) is 1.08. The first-order valence-corrected chi connectivity index (χ1v) is 5.93. The SMILES string of the molecule is Cc1c[nH]c(=O)c2cc(S(=O)(=O)O)ccc12. The van der Waals surface area contributed by atoms with E-state index in [2.05, 4.69) is 4.98 Å². The van der Waals surface area contributed by atoms with Gasteiger partial charge in [0.15, 0.2) is 0 Å². The number of fused-ring (bicyclic) bond motifs is 1. The van der Waals surface area contributed by atoms with Crippen LogP contribution in [-0.2, 0) is 10.1 Å². The highest BCUT2D eigenvalue weighted by molar-refractivity contribution is 7.85. The second-order valence-electron chi connectivity index (χ2n) is 3.48. The molecule has 0 unspecified atom stereocenters. The van der Waals surface area contributed by atoms with E-state index in [1.165, 1.54) is 12.1 Å². The molecule has 0 aliphatic heterocycles. The van der Waals surface area contributed by atoms with Crippen LogP contribution in [0.15, 0.2) is 34.1 Å². The van der Waals surface area contributed by atoms with E-state index in [9.17, 15) is 13.2 Å². The van der Waals surface area contributed by atoms with Gasteiger partial charge in [-0.15, -0.1) is 0 Å². The average molecular weight is 239 g/mol. The second-order valence-corrected chi connectivity index (χ2v) is 4.90. The van der Waals surface area contributed by atoms with Gasteiger partial charge in [0.25, 0.3) is 15.7 Å². The number of pyridine rings is 1. The summed E-state index contributed by atoms with van der Waals surface area (Å²) < 4.78 is 30.7. The molecule has 84 valence electrons. The Kier molecular flexibility index (Phi) is 2.32. The standard InChI is InChI=1S/C10H9NO4S/c1-6-5-11-10(12)9-4-7(16(13,14)15)2-3-8(6)9/h2-5H,1H3,(H,11,12)(H,13,14,15). The molecule has 0 amide bonds. The number of aromatic amines is 1. The summed E-state index contributed by atoms with van der Waals surface area (Å²) in [5.41, 5.74) is 0.447. The molecule has 0 radical (unpaired) electrons. The highest BCUT2D eigenvalue weighted by Crippen LogP contribution is 2.18. The fourth-order valence-electron chi connectivity index (χ4n) is 1.54. The number of benzene rings is 1. The molecule has 0 saturated carbocycles. The molecular formula is C10H9NO4S. The quantitative estimate of drug-likeness (QED) is 0.729. The summed E-state index contributed by atoms with van der Waals surface area (Å²) in [6, 6.07) is 3.93. The molecule has 1 aromatic carbocycles. The van der Waals surface area contributed by atoms with Crippen LogP contribution in [0.1, 0.15) is 5.56 Å². The topological polar surface area (TPSA) is 87.2 Å². The van der Waals surface area contributed by atoms with Crippen LogP contribution in [0, 0.1) is 6.92 Å². The Morgan fingerprint density at radius 1 is 1.25 bits per heavy atom. The lowest BCUT2D eigenvalue weighted by Gasteiger charge is -2.02. The molecule has 6 heteroatoms. The minimum atomic E-state index is -4.28. The molecule has 0 saturated heterocycles. The van der Waals surface area contributed by atoms with Gasteiger partial charge < -0.3 is 4.98 Å². The van der Waals surface area contributed by atoms with Gasteiger partial charge in [0.2, 0.25) is 0 Å². The normalized spacial score (nSPS) is 11.9. The second kappa shape index (κ2) is 3.43. The van der Waals surface area contributed by atoms with Gasteiger partial charge in [-0.2, -0.15) is 8.42 Å². The highest BCUT2D eigenvalue weighted by Gasteiger charge is 2.11. The minimum Gasteiger partial charge on any atom is -0.328 e. The summed E-state index contributed by atoms with van der Waals surface area (Å²) in [4.78, 5) is 13.7. The molecule has 0 fully saturated rings. The summed E-state index contributed by atoms with van der Waals surface area (Å²) in [5, 5.41) is 0.909. The molecule has 1 aromatic heterocycles. The van der Waals surface area contributed by atoms with E-state index in [0.29, 0.717) is 5.39 Å². The van der Waals surface area contributed by atoms with Gasteiger partial charge in [0.05, 0.1) is 4.90 Å². The molecule has 2 aromatic rings. The minimum absolute atomic E-state index is 0.245. The van der Waals surface area contributed by atoms with Crippen LogP contribution in [0.3, 0.4) is 0 Å². The van der Waals surface area contributed by atoms with Crippen molar-refractivity contribution in [1.29, 1.82) is 0 Å². The monoisotopic (exact) mass is 239 g/mol. The van der Waals surface area contributed by atoms with Crippen LogP contribution in [0.25, 0.3) is 10.8 Å². The Balaban J connectivity index is 2.92. The molecule has 0 bridgehead atoms. The lowest BCUT2D eigenvalue weighted by Crippen LogP contribution is -2.07. The molecule has 0 atom stereocenters. The number of hydrogen-bond acceptors (Lipinski definition) is 3. The number of aryl methyl sites for hydroxylation is 1. The number of aromatic nitrogens is 1. The molecule has 16 heavy (non-hydrogen) atoms. The smallest absolute Gasteiger partial charge is 0.294 e. The van der Waals surface area contributed by atoms with Crippen LogP contribution in [0.2, 0.25) is 0 Å². The fraction of sp³-hybridized carbons (Fsp3) is 0.100. The van der Waals surface area contributed by atoms with Crippen molar-refractivity contribution in [2.24, 2.45) is 0 Å². The van der Waals surface area contributed by atoms with Gasteiger partial charge >= 0.3 is 0 Å². The summed E-state index contributed by atoms with van der Waals surface area (Å²) >= 11 is 0. The van der Waals surface area contributed by atoms with E-state index in [-0.39, 0.29) is 15.8 Å². The first-order valence-electron chi connectivity index (χ1n) is 4.49. The molecule has 0 spiro atoms. The first kappa shape index (κ1) is 10.8. The van der Waals surface area contributed by atoms with E-state index >= 15 is 0 Å². The van der Waals surface area contributed by atoms with Crippen molar-refractivity contribution in [3.05, 3.63) is 40.3 Å². The van der Waals surface area contributed by atoms with Crippen LogP contribution in [-0.4, -0.2) is 18.0 Å². The number of nitrogens with one attached hydrogen (secondary N) is 1. The maximum Gasteiger partial charge on any atom is 0.294 e. The molecule has 0 aliphatic carbocycles. The number of hydrogen-bond donors (Lipinski definition) is 2. The van der Waals surface area contributed by atoms with Gasteiger partial charge in [-0.1, -0.05) is 6.07 Å². The molecule has 5 nitrogen and oxygen atoms in total. The van der Waals surface area contributed by atoms with Crippen LogP contribution in [0.4, 0.5) is 0 Å². The van der Waals surface area contributed by atoms with Crippen LogP contribution < -0.4 is 5.56 Å². The summed E-state index contributed by atoms with van der Waals surface area (Å²) in [7, 11) is -4.28. The summed E-state index contributed by atoms with van der Waals surface area (Å²) in [6.45, 7) is 1.80. The Labute approximate surface area is 91.5 Å². The predicted molar refractivity (Wildman–Crippen MR) is 59.1 cm³/mol. The van der Waals surface area contributed by atoms with Crippen molar-refractivity contribution in [1.82, 2.24) is 4.98 Å². The zero-order valence-corrected chi connectivity index (χ0v) is 9.21. The summed E-state index contributed by atoms with van der Waals surface area (Å²) in [6.07, 6.45) is 1.55. The third-order valence-electron chi connectivity index (χ3n) is 2.38.